The van der Waals surface area contributed by atoms with Gasteiger partial charge in [-0.15, -0.1) is 0 Å². The van der Waals surface area contributed by atoms with Crippen LogP contribution in [-0.4, -0.2) is 24.6 Å². The van der Waals surface area contributed by atoms with Gasteiger partial charge in [-0.05, 0) is 26.8 Å². The fraction of sp³-hybridized carbons (Fsp3) is 0.471. The van der Waals surface area contributed by atoms with E-state index in [4.69, 9.17) is 4.74 Å². The van der Waals surface area contributed by atoms with Crippen molar-refractivity contribution in [1.82, 2.24) is 10.6 Å². The molecule has 0 aliphatic carbocycles. The Kier molecular flexibility index (Phi) is 6.96. The zero-order chi connectivity index (χ0) is 15.7. The summed E-state index contributed by atoms with van der Waals surface area (Å²) in [6, 6.07) is 7.87. The number of ether oxygens (including phenoxy) is 1. The molecule has 0 fully saturated rings. The molecule has 0 radical (unpaired) electrons. The fourth-order valence-corrected chi connectivity index (χ4v) is 1.85. The van der Waals surface area contributed by atoms with E-state index in [1.165, 1.54) is 0 Å². The molecule has 1 aromatic rings. The molecule has 4 heteroatoms. The van der Waals surface area contributed by atoms with Gasteiger partial charge in [-0.3, -0.25) is 4.79 Å². The summed E-state index contributed by atoms with van der Waals surface area (Å²) in [7, 11) is 0. The third-order valence-corrected chi connectivity index (χ3v) is 2.69. The Balaban J connectivity index is 2.36. The van der Waals surface area contributed by atoms with E-state index in [-0.39, 0.29) is 11.4 Å². The second-order valence-electron chi connectivity index (χ2n) is 5.93. The second kappa shape index (κ2) is 8.47. The first-order chi connectivity index (χ1) is 9.92. The van der Waals surface area contributed by atoms with E-state index in [9.17, 15) is 4.79 Å². The average Bonchev–Trinajstić information content (AvgIpc) is 2.40. The first-order valence-electron chi connectivity index (χ1n) is 7.25. The van der Waals surface area contributed by atoms with Crippen molar-refractivity contribution in [2.24, 2.45) is 0 Å². The van der Waals surface area contributed by atoms with Crippen molar-refractivity contribution in [3.05, 3.63) is 42.5 Å². The average molecular weight is 290 g/mol. The van der Waals surface area contributed by atoms with Gasteiger partial charge in [0, 0.05) is 30.6 Å². The van der Waals surface area contributed by atoms with Gasteiger partial charge in [0.1, 0.15) is 12.4 Å². The lowest BCUT2D eigenvalue weighted by molar-refractivity contribution is -0.122. The molecule has 21 heavy (non-hydrogen) atoms. The number of rotatable bonds is 8. The first-order valence-corrected chi connectivity index (χ1v) is 7.25. The fourth-order valence-electron chi connectivity index (χ4n) is 1.85. The summed E-state index contributed by atoms with van der Waals surface area (Å²) in [5.41, 5.74) is 0.901. The summed E-state index contributed by atoms with van der Waals surface area (Å²) >= 11 is 0. The molecule has 1 rings (SSSR count). The number of carbonyl (C=O) groups is 1. The van der Waals surface area contributed by atoms with Gasteiger partial charge in [-0.2, -0.15) is 0 Å². The SMILES string of the molecule is C=CCOc1ccccc1CNCCC(=O)NC(C)(C)C. The van der Waals surface area contributed by atoms with Crippen molar-refractivity contribution in [3.8, 4) is 5.75 Å². The molecule has 0 spiro atoms. The van der Waals surface area contributed by atoms with Crippen molar-refractivity contribution in [3.63, 3.8) is 0 Å². The molecule has 0 heterocycles. The molecule has 0 saturated carbocycles. The quantitative estimate of drug-likeness (QED) is 0.571. The first kappa shape index (κ1) is 17.2. The van der Waals surface area contributed by atoms with Crippen LogP contribution in [0.1, 0.15) is 32.8 Å². The van der Waals surface area contributed by atoms with E-state index in [0.717, 1.165) is 11.3 Å². The Bertz CT molecular complexity index is 464. The maximum absolute atomic E-state index is 11.7. The minimum Gasteiger partial charge on any atom is -0.489 e. The van der Waals surface area contributed by atoms with Gasteiger partial charge >= 0.3 is 0 Å². The highest BCUT2D eigenvalue weighted by Gasteiger charge is 2.12. The summed E-state index contributed by atoms with van der Waals surface area (Å²) < 4.78 is 5.59. The number of nitrogens with one attached hydrogen (secondary N) is 2. The van der Waals surface area contributed by atoms with Crippen LogP contribution in [0, 0.1) is 0 Å². The van der Waals surface area contributed by atoms with E-state index in [1.807, 2.05) is 45.0 Å². The largest absolute Gasteiger partial charge is 0.489 e. The maximum Gasteiger partial charge on any atom is 0.221 e. The Morgan fingerprint density at radius 3 is 2.71 bits per heavy atom. The smallest absolute Gasteiger partial charge is 0.221 e. The van der Waals surface area contributed by atoms with Crippen molar-refractivity contribution in [1.29, 1.82) is 0 Å². The lowest BCUT2D eigenvalue weighted by Gasteiger charge is -2.20. The highest BCUT2D eigenvalue weighted by atomic mass is 16.5. The van der Waals surface area contributed by atoms with Crippen molar-refractivity contribution < 1.29 is 9.53 Å². The summed E-state index contributed by atoms with van der Waals surface area (Å²) in [4.78, 5) is 11.7. The molecule has 0 atom stereocenters. The number of hydrogen-bond acceptors (Lipinski definition) is 3. The van der Waals surface area contributed by atoms with E-state index >= 15 is 0 Å². The van der Waals surface area contributed by atoms with Crippen LogP contribution < -0.4 is 15.4 Å². The maximum atomic E-state index is 11.7. The highest BCUT2D eigenvalue weighted by molar-refractivity contribution is 5.76. The Labute approximate surface area is 127 Å². The van der Waals surface area contributed by atoms with Crippen LogP contribution in [0.3, 0.4) is 0 Å². The summed E-state index contributed by atoms with van der Waals surface area (Å²) in [5, 5.41) is 6.21. The topological polar surface area (TPSA) is 50.4 Å². The third-order valence-electron chi connectivity index (χ3n) is 2.69. The molecule has 116 valence electrons. The van der Waals surface area contributed by atoms with Crippen LogP contribution in [0.2, 0.25) is 0 Å². The number of carbonyl (C=O) groups excluding carboxylic acids is 1. The van der Waals surface area contributed by atoms with Gasteiger partial charge in [-0.1, -0.05) is 30.9 Å². The Hall–Kier alpha value is -1.81. The Morgan fingerprint density at radius 1 is 1.33 bits per heavy atom. The van der Waals surface area contributed by atoms with Gasteiger partial charge in [-0.25, -0.2) is 0 Å². The van der Waals surface area contributed by atoms with Crippen LogP contribution >= 0.6 is 0 Å². The monoisotopic (exact) mass is 290 g/mol. The summed E-state index contributed by atoms with van der Waals surface area (Å²) in [6.45, 7) is 11.4. The van der Waals surface area contributed by atoms with Gasteiger partial charge in [0.15, 0.2) is 0 Å². The molecule has 1 aromatic carbocycles. The van der Waals surface area contributed by atoms with Gasteiger partial charge < -0.3 is 15.4 Å². The molecular formula is C17H26N2O2. The molecule has 0 aromatic heterocycles. The molecule has 2 N–H and O–H groups in total. The number of amides is 1. The second-order valence-corrected chi connectivity index (χ2v) is 5.93. The molecule has 0 aliphatic heterocycles. The van der Waals surface area contributed by atoms with Crippen molar-refractivity contribution in [2.45, 2.75) is 39.3 Å². The molecule has 0 aliphatic rings. The minimum absolute atomic E-state index is 0.0613. The lowest BCUT2D eigenvalue weighted by Crippen LogP contribution is -2.41. The number of benzene rings is 1. The van der Waals surface area contributed by atoms with Crippen molar-refractivity contribution in [2.75, 3.05) is 13.2 Å². The van der Waals surface area contributed by atoms with Crippen LogP contribution in [0.25, 0.3) is 0 Å². The predicted octanol–water partition coefficient (Wildman–Crippen LogP) is 2.65. The molecule has 0 bridgehead atoms. The molecule has 1 amide bonds. The van der Waals surface area contributed by atoms with Gasteiger partial charge in [0.05, 0.1) is 0 Å². The van der Waals surface area contributed by atoms with E-state index in [0.29, 0.717) is 26.1 Å². The highest BCUT2D eigenvalue weighted by Crippen LogP contribution is 2.17. The lowest BCUT2D eigenvalue weighted by atomic mass is 10.1. The van der Waals surface area contributed by atoms with Crippen LogP contribution in [0.5, 0.6) is 5.75 Å². The third kappa shape index (κ3) is 7.51. The van der Waals surface area contributed by atoms with Crippen molar-refractivity contribution >= 4 is 5.91 Å². The summed E-state index contributed by atoms with van der Waals surface area (Å²) in [5.74, 6) is 0.912. The van der Waals surface area contributed by atoms with E-state index in [1.54, 1.807) is 6.08 Å². The summed E-state index contributed by atoms with van der Waals surface area (Å²) in [6.07, 6.45) is 2.19. The van der Waals surface area contributed by atoms with Crippen LogP contribution in [0.4, 0.5) is 0 Å². The van der Waals surface area contributed by atoms with Crippen LogP contribution in [0.15, 0.2) is 36.9 Å². The Morgan fingerprint density at radius 2 is 2.05 bits per heavy atom. The number of para-hydroxylation sites is 1. The predicted molar refractivity (Wildman–Crippen MR) is 86.4 cm³/mol. The van der Waals surface area contributed by atoms with Gasteiger partial charge in [0.2, 0.25) is 5.91 Å². The number of hydrogen-bond donors (Lipinski definition) is 2. The van der Waals surface area contributed by atoms with Crippen LogP contribution in [-0.2, 0) is 11.3 Å². The molecule has 0 unspecified atom stereocenters. The standard InChI is InChI=1S/C17H26N2O2/c1-5-12-21-15-9-7-6-8-14(15)13-18-11-10-16(20)19-17(2,3)4/h5-9,18H,1,10-13H2,2-4H3,(H,19,20). The van der Waals surface area contributed by atoms with Gasteiger partial charge in [0.25, 0.3) is 0 Å². The zero-order valence-corrected chi connectivity index (χ0v) is 13.2. The molecular weight excluding hydrogens is 264 g/mol. The molecule has 0 saturated heterocycles. The zero-order valence-electron chi connectivity index (χ0n) is 13.2. The van der Waals surface area contributed by atoms with E-state index < -0.39 is 0 Å². The van der Waals surface area contributed by atoms with E-state index in [2.05, 4.69) is 17.2 Å². The normalized spacial score (nSPS) is 11.0. The minimum atomic E-state index is -0.178. The molecule has 4 nitrogen and oxygen atoms in total.